The third kappa shape index (κ3) is 4.30. The molecule has 0 radical (unpaired) electrons. The summed E-state index contributed by atoms with van der Waals surface area (Å²) in [6, 6.07) is 13.9. The van der Waals surface area contributed by atoms with E-state index >= 15 is 0 Å². The number of rotatable bonds is 6. The van der Waals surface area contributed by atoms with Gasteiger partial charge in [-0.05, 0) is 68.1 Å². The second-order valence-electron chi connectivity index (χ2n) is 6.94. The Morgan fingerprint density at radius 2 is 1.89 bits per heavy atom. The molecule has 0 fully saturated rings. The van der Waals surface area contributed by atoms with Crippen LogP contribution in [0.2, 0.25) is 0 Å². The fourth-order valence-electron chi connectivity index (χ4n) is 3.10. The summed E-state index contributed by atoms with van der Waals surface area (Å²) in [7, 11) is 1.65. The Morgan fingerprint density at radius 1 is 1.11 bits per heavy atom. The van der Waals surface area contributed by atoms with Crippen LogP contribution in [-0.2, 0) is 4.79 Å². The lowest BCUT2D eigenvalue weighted by atomic mass is 10.1. The van der Waals surface area contributed by atoms with Crippen molar-refractivity contribution >= 4 is 34.3 Å². The van der Waals surface area contributed by atoms with E-state index in [1.54, 1.807) is 7.11 Å². The summed E-state index contributed by atoms with van der Waals surface area (Å²) in [4.78, 5) is 17.6. The van der Waals surface area contributed by atoms with Crippen LogP contribution in [0.5, 0.6) is 5.75 Å². The first-order valence-corrected chi connectivity index (χ1v) is 10.3. The highest BCUT2D eigenvalue weighted by molar-refractivity contribution is 8.00. The number of hydrogen-bond acceptors (Lipinski definition) is 4. The highest BCUT2D eigenvalue weighted by Gasteiger charge is 2.20. The molecule has 0 bridgehead atoms. The molecular weight excluding hydrogens is 368 g/mol. The maximum atomic E-state index is 12.8. The highest BCUT2D eigenvalue weighted by Crippen LogP contribution is 2.32. The first kappa shape index (κ1) is 20.2. The molecule has 0 aliphatic rings. The lowest BCUT2D eigenvalue weighted by Crippen LogP contribution is -2.24. The Hall–Kier alpha value is -2.53. The van der Waals surface area contributed by atoms with Gasteiger partial charge in [0.05, 0.1) is 17.4 Å². The van der Waals surface area contributed by atoms with E-state index in [2.05, 4.69) is 19.2 Å². The van der Waals surface area contributed by atoms with Gasteiger partial charge in [0.25, 0.3) is 0 Å². The van der Waals surface area contributed by atoms with E-state index in [4.69, 9.17) is 9.72 Å². The van der Waals surface area contributed by atoms with Crippen molar-refractivity contribution in [2.45, 2.75) is 44.4 Å². The second kappa shape index (κ2) is 8.65. The molecule has 4 nitrogen and oxygen atoms in total. The number of aryl methyl sites for hydroxylation is 3. The average molecular weight is 395 g/mol. The summed E-state index contributed by atoms with van der Waals surface area (Å²) in [5.41, 5.74) is 5.16. The van der Waals surface area contributed by atoms with Crippen molar-refractivity contribution in [2.24, 2.45) is 0 Å². The Kier molecular flexibility index (Phi) is 6.25. The molecule has 2 aromatic carbocycles. The van der Waals surface area contributed by atoms with Crippen LogP contribution in [-0.4, -0.2) is 23.3 Å². The van der Waals surface area contributed by atoms with Gasteiger partial charge in [-0.15, -0.1) is 0 Å². The third-order valence-electron chi connectivity index (χ3n) is 4.91. The monoisotopic (exact) mass is 394 g/mol. The Morgan fingerprint density at radius 3 is 2.57 bits per heavy atom. The Bertz CT molecular complexity index is 1020. The number of anilines is 1. The first-order valence-electron chi connectivity index (χ1n) is 9.42. The fraction of sp³-hybridized carbons (Fsp3) is 0.304. The van der Waals surface area contributed by atoms with Crippen LogP contribution in [0.15, 0.2) is 47.5 Å². The molecule has 0 aliphatic heterocycles. The SMILES string of the molecule is CCC(Sc1cc(C)c2cccc(OC)c2n1)C(=O)Nc1ccc(C)c(C)c1. The average Bonchev–Trinajstić information content (AvgIpc) is 2.68. The van der Waals surface area contributed by atoms with Crippen LogP contribution in [0.25, 0.3) is 10.9 Å². The predicted molar refractivity (Wildman–Crippen MR) is 118 cm³/mol. The van der Waals surface area contributed by atoms with Gasteiger partial charge in [0.2, 0.25) is 5.91 Å². The molecule has 0 saturated heterocycles. The van der Waals surface area contributed by atoms with Gasteiger partial charge in [-0.2, -0.15) is 0 Å². The normalized spacial score (nSPS) is 12.0. The molecule has 5 heteroatoms. The van der Waals surface area contributed by atoms with Crippen LogP contribution in [0.4, 0.5) is 5.69 Å². The van der Waals surface area contributed by atoms with Gasteiger partial charge in [-0.1, -0.05) is 36.9 Å². The number of amides is 1. The molecular formula is C23H26N2O2S. The number of nitrogens with zero attached hydrogens (tertiary/aromatic N) is 1. The minimum absolute atomic E-state index is 0.00432. The smallest absolute Gasteiger partial charge is 0.237 e. The molecule has 0 spiro atoms. The van der Waals surface area contributed by atoms with E-state index in [1.165, 1.54) is 17.3 Å². The van der Waals surface area contributed by atoms with Crippen molar-refractivity contribution in [3.63, 3.8) is 0 Å². The molecule has 1 heterocycles. The summed E-state index contributed by atoms with van der Waals surface area (Å²) >= 11 is 1.49. The summed E-state index contributed by atoms with van der Waals surface area (Å²) in [5, 5.41) is 4.72. The van der Waals surface area contributed by atoms with E-state index in [-0.39, 0.29) is 11.2 Å². The van der Waals surface area contributed by atoms with Crippen molar-refractivity contribution < 1.29 is 9.53 Å². The molecule has 1 aromatic heterocycles. The van der Waals surface area contributed by atoms with Crippen molar-refractivity contribution in [3.8, 4) is 5.75 Å². The quantitative estimate of drug-likeness (QED) is 0.547. The van der Waals surface area contributed by atoms with Crippen LogP contribution in [0.1, 0.15) is 30.0 Å². The number of aromatic nitrogens is 1. The molecule has 146 valence electrons. The first-order chi connectivity index (χ1) is 13.4. The highest BCUT2D eigenvalue weighted by atomic mass is 32.2. The summed E-state index contributed by atoms with van der Waals surface area (Å²) in [6.07, 6.45) is 0.714. The van der Waals surface area contributed by atoms with Gasteiger partial charge in [0.1, 0.15) is 11.3 Å². The Balaban J connectivity index is 1.83. The molecule has 1 N–H and O–H groups in total. The number of methoxy groups -OCH3 is 1. The largest absolute Gasteiger partial charge is 0.494 e. The van der Waals surface area contributed by atoms with Gasteiger partial charge < -0.3 is 10.1 Å². The molecule has 1 amide bonds. The van der Waals surface area contributed by atoms with Crippen molar-refractivity contribution in [3.05, 3.63) is 59.2 Å². The fourth-order valence-corrected chi connectivity index (χ4v) is 4.11. The van der Waals surface area contributed by atoms with Gasteiger partial charge in [0, 0.05) is 11.1 Å². The third-order valence-corrected chi connectivity index (χ3v) is 6.19. The van der Waals surface area contributed by atoms with Crippen LogP contribution in [0, 0.1) is 20.8 Å². The standard InChI is InChI=1S/C23H26N2O2S/c1-6-20(23(26)24-17-11-10-14(2)15(3)12-17)28-21-13-16(4)18-8-7-9-19(27-5)22(18)25-21/h7-13,20H,6H2,1-5H3,(H,24,26). The summed E-state index contributed by atoms with van der Waals surface area (Å²) < 4.78 is 5.47. The van der Waals surface area contributed by atoms with Gasteiger partial charge >= 0.3 is 0 Å². The summed E-state index contributed by atoms with van der Waals surface area (Å²) in [5.74, 6) is 0.742. The number of pyridine rings is 1. The van der Waals surface area contributed by atoms with E-state index in [0.717, 1.165) is 38.5 Å². The topological polar surface area (TPSA) is 51.2 Å². The number of para-hydroxylation sites is 1. The Labute approximate surface area is 170 Å². The maximum absolute atomic E-state index is 12.8. The zero-order valence-electron chi connectivity index (χ0n) is 17.0. The van der Waals surface area contributed by atoms with Gasteiger partial charge in [-0.25, -0.2) is 4.98 Å². The molecule has 28 heavy (non-hydrogen) atoms. The number of ether oxygens (including phenoxy) is 1. The predicted octanol–water partition coefficient (Wildman–Crippen LogP) is 5.68. The van der Waals surface area contributed by atoms with E-state index < -0.39 is 0 Å². The molecule has 1 atom stereocenters. The number of fused-ring (bicyclic) bond motifs is 1. The lowest BCUT2D eigenvalue weighted by Gasteiger charge is -2.16. The van der Waals surface area contributed by atoms with Crippen LogP contribution in [0.3, 0.4) is 0 Å². The van der Waals surface area contributed by atoms with Crippen molar-refractivity contribution in [1.29, 1.82) is 0 Å². The molecule has 0 saturated carbocycles. The second-order valence-corrected chi connectivity index (χ2v) is 8.16. The maximum Gasteiger partial charge on any atom is 0.237 e. The van der Waals surface area contributed by atoms with Gasteiger partial charge in [0.15, 0.2) is 0 Å². The lowest BCUT2D eigenvalue weighted by molar-refractivity contribution is -0.115. The molecule has 3 aromatic rings. The zero-order chi connectivity index (χ0) is 20.3. The minimum Gasteiger partial charge on any atom is -0.494 e. The van der Waals surface area contributed by atoms with Crippen LogP contribution < -0.4 is 10.1 Å². The number of carbonyl (C=O) groups is 1. The number of carbonyl (C=O) groups excluding carboxylic acids is 1. The zero-order valence-corrected chi connectivity index (χ0v) is 17.8. The number of benzene rings is 2. The number of hydrogen-bond donors (Lipinski definition) is 1. The van der Waals surface area contributed by atoms with Crippen LogP contribution >= 0.6 is 11.8 Å². The minimum atomic E-state index is -0.222. The molecule has 0 aliphatic carbocycles. The molecule has 1 unspecified atom stereocenters. The van der Waals surface area contributed by atoms with E-state index in [9.17, 15) is 4.79 Å². The van der Waals surface area contributed by atoms with Crippen molar-refractivity contribution in [2.75, 3.05) is 12.4 Å². The van der Waals surface area contributed by atoms with Gasteiger partial charge in [-0.3, -0.25) is 4.79 Å². The van der Waals surface area contributed by atoms with Crippen molar-refractivity contribution in [1.82, 2.24) is 4.98 Å². The number of thioether (sulfide) groups is 1. The van der Waals surface area contributed by atoms with E-state index in [1.807, 2.05) is 56.3 Å². The number of nitrogens with one attached hydrogen (secondary N) is 1. The molecule has 3 rings (SSSR count). The van der Waals surface area contributed by atoms with E-state index in [0.29, 0.717) is 6.42 Å². The summed E-state index contributed by atoms with van der Waals surface area (Å²) in [6.45, 7) is 8.19.